The van der Waals surface area contributed by atoms with Crippen molar-refractivity contribution in [2.75, 3.05) is 37.5 Å². The van der Waals surface area contributed by atoms with Crippen LogP contribution in [0.3, 0.4) is 0 Å². The number of amides is 1. The molecule has 0 atom stereocenters. The zero-order chi connectivity index (χ0) is 22.1. The third-order valence-corrected chi connectivity index (χ3v) is 5.25. The summed E-state index contributed by atoms with van der Waals surface area (Å²) in [4.78, 5) is 14.5. The van der Waals surface area contributed by atoms with Crippen molar-refractivity contribution < 1.29 is 31.5 Å². The molecule has 0 radical (unpaired) electrons. The molecule has 0 spiro atoms. The van der Waals surface area contributed by atoms with Gasteiger partial charge in [0, 0.05) is 33.0 Å². The average molecular weight is 428 g/mol. The van der Waals surface area contributed by atoms with Crippen LogP contribution in [0.5, 0.6) is 0 Å². The Morgan fingerprint density at radius 3 is 2.20 bits per heavy atom. The maximum absolute atomic E-state index is 14.3. The predicted octanol–water partition coefficient (Wildman–Crippen LogP) is 4.74. The summed E-state index contributed by atoms with van der Waals surface area (Å²) in [5, 5.41) is 2.48. The van der Waals surface area contributed by atoms with Crippen molar-refractivity contribution in [2.45, 2.75) is 24.4 Å². The third kappa shape index (κ3) is 4.26. The fourth-order valence-electron chi connectivity index (χ4n) is 3.68. The van der Waals surface area contributed by atoms with Crippen molar-refractivity contribution in [1.82, 2.24) is 0 Å². The molecule has 3 rings (SSSR count). The minimum atomic E-state index is -4.56. The predicted molar refractivity (Wildman–Crippen MR) is 102 cm³/mol. The van der Waals surface area contributed by atoms with Gasteiger partial charge in [-0.25, -0.2) is 8.78 Å². The number of hydrogen-bond donors (Lipinski definition) is 1. The number of carbonyl (C=O) groups excluding carboxylic acids is 1. The van der Waals surface area contributed by atoms with Gasteiger partial charge in [0.1, 0.15) is 5.69 Å². The molecule has 4 nitrogen and oxygen atoms in total. The molecule has 9 heteroatoms. The van der Waals surface area contributed by atoms with E-state index in [1.54, 1.807) is 0 Å². The SMILES string of the molecule is CN(C)c1c(F)cc(NC(=O)C2(c3cccc(C(F)(F)F)c3)CCOCC2)cc1F. The molecule has 0 saturated carbocycles. The molecule has 1 aliphatic rings. The molecule has 162 valence electrons. The first kappa shape index (κ1) is 22.0. The van der Waals surface area contributed by atoms with Gasteiger partial charge in [0.15, 0.2) is 11.6 Å². The fraction of sp³-hybridized carbons (Fsp3) is 0.381. The Morgan fingerprint density at radius 2 is 1.67 bits per heavy atom. The Labute approximate surface area is 170 Å². The van der Waals surface area contributed by atoms with Crippen LogP contribution in [0.4, 0.5) is 33.3 Å². The van der Waals surface area contributed by atoms with E-state index >= 15 is 0 Å². The number of anilines is 2. The Kier molecular flexibility index (Phi) is 6.03. The molecule has 1 aliphatic heterocycles. The molecule has 1 fully saturated rings. The van der Waals surface area contributed by atoms with Gasteiger partial charge < -0.3 is 15.0 Å². The van der Waals surface area contributed by atoms with E-state index in [9.17, 15) is 26.7 Å². The Morgan fingerprint density at radius 1 is 1.07 bits per heavy atom. The van der Waals surface area contributed by atoms with Crippen LogP contribution >= 0.6 is 0 Å². The van der Waals surface area contributed by atoms with Crippen LogP contribution in [0, 0.1) is 11.6 Å². The highest BCUT2D eigenvalue weighted by molar-refractivity contribution is 5.99. The van der Waals surface area contributed by atoms with Crippen molar-refractivity contribution in [3.05, 3.63) is 59.2 Å². The molecule has 0 unspecified atom stereocenters. The van der Waals surface area contributed by atoms with Crippen molar-refractivity contribution in [2.24, 2.45) is 0 Å². The summed E-state index contributed by atoms with van der Waals surface area (Å²) in [6.45, 7) is 0.345. The number of alkyl halides is 3. The van der Waals surface area contributed by atoms with Crippen LogP contribution in [0.15, 0.2) is 36.4 Å². The summed E-state index contributed by atoms with van der Waals surface area (Å²) in [7, 11) is 2.95. The molecule has 30 heavy (non-hydrogen) atoms. The normalized spacial score (nSPS) is 16.2. The van der Waals surface area contributed by atoms with Crippen LogP contribution in [-0.4, -0.2) is 33.2 Å². The Balaban J connectivity index is 1.98. The summed E-state index contributed by atoms with van der Waals surface area (Å²) >= 11 is 0. The molecule has 2 aromatic carbocycles. The minimum absolute atomic E-state index is 0.113. The summed E-state index contributed by atoms with van der Waals surface area (Å²) in [5.41, 5.74) is -2.37. The highest BCUT2D eigenvalue weighted by Gasteiger charge is 2.43. The summed E-state index contributed by atoms with van der Waals surface area (Å²) < 4.78 is 73.4. The van der Waals surface area contributed by atoms with E-state index in [1.165, 1.54) is 31.1 Å². The standard InChI is InChI=1S/C21H21F5N2O2/c1-28(2)18-16(22)11-15(12-17(18)23)27-19(29)20(6-8-30-9-7-20)13-4-3-5-14(10-13)21(24,25)26/h3-5,10-12H,6-9H2,1-2H3,(H,27,29). The largest absolute Gasteiger partial charge is 0.416 e. The van der Waals surface area contributed by atoms with E-state index in [1.807, 2.05) is 0 Å². The highest BCUT2D eigenvalue weighted by atomic mass is 19.4. The van der Waals surface area contributed by atoms with E-state index in [0.29, 0.717) is 0 Å². The lowest BCUT2D eigenvalue weighted by Crippen LogP contribution is -2.45. The van der Waals surface area contributed by atoms with Gasteiger partial charge in [-0.05, 0) is 36.6 Å². The zero-order valence-electron chi connectivity index (χ0n) is 16.4. The molecular weight excluding hydrogens is 407 g/mol. The number of carbonyl (C=O) groups is 1. The average Bonchev–Trinajstić information content (AvgIpc) is 2.67. The summed E-state index contributed by atoms with van der Waals surface area (Å²) in [6, 6.07) is 6.54. The molecule has 1 saturated heterocycles. The molecule has 1 amide bonds. The molecular formula is C21H21F5N2O2. The highest BCUT2D eigenvalue weighted by Crippen LogP contribution is 2.39. The second kappa shape index (κ2) is 8.22. The lowest BCUT2D eigenvalue weighted by molar-refractivity contribution is -0.138. The molecule has 1 heterocycles. The number of nitrogens with one attached hydrogen (secondary N) is 1. The monoisotopic (exact) mass is 428 g/mol. The van der Waals surface area contributed by atoms with E-state index in [0.717, 1.165) is 24.3 Å². The molecule has 0 aromatic heterocycles. The molecule has 0 aliphatic carbocycles. The number of nitrogens with zero attached hydrogens (tertiary/aromatic N) is 1. The number of ether oxygens (including phenoxy) is 1. The van der Waals surface area contributed by atoms with E-state index in [-0.39, 0.29) is 43.0 Å². The smallest absolute Gasteiger partial charge is 0.381 e. The van der Waals surface area contributed by atoms with Gasteiger partial charge in [-0.15, -0.1) is 0 Å². The fourth-order valence-corrected chi connectivity index (χ4v) is 3.68. The summed E-state index contributed by atoms with van der Waals surface area (Å²) in [5.74, 6) is -2.37. The van der Waals surface area contributed by atoms with Gasteiger partial charge in [-0.2, -0.15) is 13.2 Å². The van der Waals surface area contributed by atoms with Gasteiger partial charge >= 0.3 is 6.18 Å². The van der Waals surface area contributed by atoms with Gasteiger partial charge in [0.2, 0.25) is 5.91 Å². The number of halogens is 5. The third-order valence-electron chi connectivity index (χ3n) is 5.25. The quantitative estimate of drug-likeness (QED) is 0.716. The van der Waals surface area contributed by atoms with Crippen LogP contribution in [0.2, 0.25) is 0 Å². The zero-order valence-corrected chi connectivity index (χ0v) is 16.4. The van der Waals surface area contributed by atoms with E-state index in [4.69, 9.17) is 4.74 Å². The Bertz CT molecular complexity index is 914. The second-order valence-electron chi connectivity index (χ2n) is 7.41. The van der Waals surface area contributed by atoms with Crippen LogP contribution in [0.1, 0.15) is 24.0 Å². The number of benzene rings is 2. The maximum Gasteiger partial charge on any atom is 0.416 e. The van der Waals surface area contributed by atoms with Crippen molar-refractivity contribution in [3.8, 4) is 0 Å². The van der Waals surface area contributed by atoms with Crippen LogP contribution < -0.4 is 10.2 Å². The topological polar surface area (TPSA) is 41.6 Å². The van der Waals surface area contributed by atoms with Crippen molar-refractivity contribution in [1.29, 1.82) is 0 Å². The maximum atomic E-state index is 14.3. The number of rotatable bonds is 4. The molecule has 2 aromatic rings. The van der Waals surface area contributed by atoms with Gasteiger partial charge in [0.05, 0.1) is 11.0 Å². The first-order valence-electron chi connectivity index (χ1n) is 9.28. The molecule has 1 N–H and O–H groups in total. The summed E-state index contributed by atoms with van der Waals surface area (Å²) in [6.07, 6.45) is -4.28. The van der Waals surface area contributed by atoms with Crippen molar-refractivity contribution in [3.63, 3.8) is 0 Å². The van der Waals surface area contributed by atoms with E-state index < -0.39 is 34.7 Å². The van der Waals surface area contributed by atoms with E-state index in [2.05, 4.69) is 5.32 Å². The van der Waals surface area contributed by atoms with Gasteiger partial charge in [0.25, 0.3) is 0 Å². The lowest BCUT2D eigenvalue weighted by Gasteiger charge is -2.36. The Hall–Kier alpha value is -2.68. The van der Waals surface area contributed by atoms with Crippen LogP contribution in [-0.2, 0) is 21.1 Å². The first-order chi connectivity index (χ1) is 14.0. The minimum Gasteiger partial charge on any atom is -0.381 e. The van der Waals surface area contributed by atoms with Gasteiger partial charge in [-0.3, -0.25) is 4.79 Å². The number of hydrogen-bond acceptors (Lipinski definition) is 3. The van der Waals surface area contributed by atoms with Crippen LogP contribution in [0.25, 0.3) is 0 Å². The lowest BCUT2D eigenvalue weighted by atomic mass is 9.73. The second-order valence-corrected chi connectivity index (χ2v) is 7.41. The first-order valence-corrected chi connectivity index (χ1v) is 9.28. The van der Waals surface area contributed by atoms with Crippen molar-refractivity contribution >= 4 is 17.3 Å². The van der Waals surface area contributed by atoms with Gasteiger partial charge in [-0.1, -0.05) is 18.2 Å². The molecule has 0 bridgehead atoms.